The number of nitrogens with zero attached hydrogens (tertiary/aromatic N) is 1. The van der Waals surface area contributed by atoms with E-state index in [1.54, 1.807) is 20.8 Å². The fraction of sp³-hybridized carbons (Fsp3) is 0.750. The van der Waals surface area contributed by atoms with Gasteiger partial charge in [0.15, 0.2) is 0 Å². The number of amides is 2. The maximum atomic E-state index is 11.7. The van der Waals surface area contributed by atoms with Gasteiger partial charge in [-0.25, -0.2) is 4.79 Å². The maximum absolute atomic E-state index is 11.7. The lowest BCUT2D eigenvalue weighted by molar-refractivity contribution is -0.145. The number of carbonyl (C=O) groups excluding carboxylic acids is 2. The van der Waals surface area contributed by atoms with Crippen LogP contribution < -0.4 is 5.32 Å². The molecule has 1 heterocycles. The molecule has 0 radical (unpaired) electrons. The van der Waals surface area contributed by atoms with Crippen molar-refractivity contribution in [1.82, 2.24) is 10.2 Å². The smallest absolute Gasteiger partial charge is 0.326 e. The Labute approximate surface area is 106 Å². The van der Waals surface area contributed by atoms with Gasteiger partial charge in [-0.2, -0.15) is 0 Å². The lowest BCUT2D eigenvalue weighted by Gasteiger charge is -2.28. The van der Waals surface area contributed by atoms with Gasteiger partial charge in [-0.15, -0.1) is 0 Å². The Bertz CT molecular complexity index is 360. The van der Waals surface area contributed by atoms with E-state index in [-0.39, 0.29) is 12.5 Å². The second-order valence-electron chi connectivity index (χ2n) is 5.62. The van der Waals surface area contributed by atoms with Crippen LogP contribution in [0.3, 0.4) is 0 Å². The third-order valence-electron chi connectivity index (χ3n) is 2.92. The molecular formula is C12H20N2O4. The average molecular weight is 256 g/mol. The number of carbonyl (C=O) groups is 3. The zero-order valence-corrected chi connectivity index (χ0v) is 11.0. The highest BCUT2D eigenvalue weighted by molar-refractivity contribution is 5.88. The zero-order valence-electron chi connectivity index (χ0n) is 11.0. The van der Waals surface area contributed by atoms with Crippen molar-refractivity contribution >= 4 is 17.8 Å². The van der Waals surface area contributed by atoms with Crippen LogP contribution in [0, 0.1) is 5.41 Å². The monoisotopic (exact) mass is 256 g/mol. The molecular weight excluding hydrogens is 236 g/mol. The van der Waals surface area contributed by atoms with Crippen molar-refractivity contribution in [3.63, 3.8) is 0 Å². The van der Waals surface area contributed by atoms with Crippen molar-refractivity contribution in [2.24, 2.45) is 5.41 Å². The van der Waals surface area contributed by atoms with Crippen LogP contribution in [0.15, 0.2) is 0 Å². The third-order valence-corrected chi connectivity index (χ3v) is 2.92. The summed E-state index contributed by atoms with van der Waals surface area (Å²) in [6.45, 7) is 5.74. The predicted octanol–water partition coefficient (Wildman–Crippen LogP) is 0.224. The Balaban J connectivity index is 2.57. The summed E-state index contributed by atoms with van der Waals surface area (Å²) >= 11 is 0. The molecule has 1 saturated heterocycles. The van der Waals surface area contributed by atoms with Gasteiger partial charge < -0.3 is 15.3 Å². The molecule has 1 aliphatic heterocycles. The highest BCUT2D eigenvalue weighted by Crippen LogP contribution is 2.19. The number of carboxylic acids is 1. The van der Waals surface area contributed by atoms with E-state index in [1.165, 1.54) is 4.90 Å². The molecule has 2 N–H and O–H groups in total. The van der Waals surface area contributed by atoms with E-state index in [1.807, 2.05) is 0 Å². The molecule has 0 saturated carbocycles. The van der Waals surface area contributed by atoms with Gasteiger partial charge >= 0.3 is 5.97 Å². The average Bonchev–Trinajstić information content (AvgIpc) is 2.59. The van der Waals surface area contributed by atoms with Crippen molar-refractivity contribution in [2.75, 3.05) is 13.1 Å². The van der Waals surface area contributed by atoms with Crippen LogP contribution in [0.25, 0.3) is 0 Å². The standard InChI is InChI=1S/C12H20N2O4/c1-12(2,3)10(11(17)18)13-8(15)7-14-6-4-5-9(14)16/h10H,4-7H2,1-3H3,(H,13,15)(H,17,18)/t10-/m1/s1. The maximum Gasteiger partial charge on any atom is 0.326 e. The van der Waals surface area contributed by atoms with Crippen LogP contribution in [-0.4, -0.2) is 46.9 Å². The Kier molecular flexibility index (Phi) is 4.32. The molecule has 2 amide bonds. The topological polar surface area (TPSA) is 86.7 Å². The van der Waals surface area contributed by atoms with Crippen LogP contribution >= 0.6 is 0 Å². The summed E-state index contributed by atoms with van der Waals surface area (Å²) in [6.07, 6.45) is 1.22. The van der Waals surface area contributed by atoms with Crippen LogP contribution in [0.2, 0.25) is 0 Å². The number of nitrogens with one attached hydrogen (secondary N) is 1. The first-order valence-corrected chi connectivity index (χ1v) is 6.02. The van der Waals surface area contributed by atoms with E-state index < -0.39 is 23.3 Å². The van der Waals surface area contributed by atoms with E-state index >= 15 is 0 Å². The van der Waals surface area contributed by atoms with Gasteiger partial charge in [0, 0.05) is 13.0 Å². The number of likely N-dealkylation sites (tertiary alicyclic amines) is 1. The molecule has 1 rings (SSSR count). The zero-order chi connectivity index (χ0) is 13.9. The Morgan fingerprint density at radius 2 is 2.06 bits per heavy atom. The minimum atomic E-state index is -1.07. The van der Waals surface area contributed by atoms with Crippen molar-refractivity contribution in [2.45, 2.75) is 39.7 Å². The van der Waals surface area contributed by atoms with Crippen LogP contribution in [0.1, 0.15) is 33.6 Å². The summed E-state index contributed by atoms with van der Waals surface area (Å²) in [5.74, 6) is -1.54. The molecule has 6 heteroatoms. The van der Waals surface area contributed by atoms with Crippen molar-refractivity contribution in [1.29, 1.82) is 0 Å². The number of carboxylic acid groups (broad SMARTS) is 1. The number of aliphatic carboxylic acids is 1. The first kappa shape index (κ1) is 14.5. The van der Waals surface area contributed by atoms with Crippen molar-refractivity contribution < 1.29 is 19.5 Å². The van der Waals surface area contributed by atoms with E-state index in [0.717, 1.165) is 6.42 Å². The fourth-order valence-corrected chi connectivity index (χ4v) is 1.90. The van der Waals surface area contributed by atoms with Gasteiger partial charge in [0.1, 0.15) is 6.04 Å². The number of rotatable bonds is 4. The quantitative estimate of drug-likeness (QED) is 0.753. The largest absolute Gasteiger partial charge is 0.480 e. The number of hydrogen-bond acceptors (Lipinski definition) is 3. The summed E-state index contributed by atoms with van der Waals surface area (Å²) in [5.41, 5.74) is -0.573. The Hall–Kier alpha value is -1.59. The van der Waals surface area contributed by atoms with Gasteiger partial charge in [-0.1, -0.05) is 20.8 Å². The molecule has 1 atom stereocenters. The normalized spacial score (nSPS) is 17.7. The van der Waals surface area contributed by atoms with Crippen LogP contribution in [0.4, 0.5) is 0 Å². The fourth-order valence-electron chi connectivity index (χ4n) is 1.90. The molecule has 0 aromatic carbocycles. The minimum Gasteiger partial charge on any atom is -0.480 e. The number of hydrogen-bond donors (Lipinski definition) is 2. The lowest BCUT2D eigenvalue weighted by Crippen LogP contribution is -2.51. The van der Waals surface area contributed by atoms with Gasteiger partial charge in [-0.05, 0) is 11.8 Å². The molecule has 1 fully saturated rings. The summed E-state index contributed by atoms with van der Waals surface area (Å²) in [6, 6.07) is -0.956. The molecule has 102 valence electrons. The summed E-state index contributed by atoms with van der Waals surface area (Å²) in [5, 5.41) is 11.5. The van der Waals surface area contributed by atoms with Gasteiger partial charge in [0.2, 0.25) is 11.8 Å². The SMILES string of the molecule is CC(C)(C)[C@H](NC(=O)CN1CCCC1=O)C(=O)O. The third kappa shape index (κ3) is 3.72. The molecule has 0 aliphatic carbocycles. The van der Waals surface area contributed by atoms with E-state index in [2.05, 4.69) is 5.32 Å². The van der Waals surface area contributed by atoms with E-state index in [4.69, 9.17) is 5.11 Å². The summed E-state index contributed by atoms with van der Waals surface area (Å²) < 4.78 is 0. The van der Waals surface area contributed by atoms with E-state index in [0.29, 0.717) is 13.0 Å². The first-order valence-electron chi connectivity index (χ1n) is 6.02. The Morgan fingerprint density at radius 1 is 1.44 bits per heavy atom. The molecule has 6 nitrogen and oxygen atoms in total. The van der Waals surface area contributed by atoms with Gasteiger partial charge in [0.05, 0.1) is 6.54 Å². The van der Waals surface area contributed by atoms with Crippen LogP contribution in [0.5, 0.6) is 0 Å². The lowest BCUT2D eigenvalue weighted by atomic mass is 9.87. The molecule has 18 heavy (non-hydrogen) atoms. The van der Waals surface area contributed by atoms with Crippen LogP contribution in [-0.2, 0) is 14.4 Å². The second kappa shape index (κ2) is 5.37. The predicted molar refractivity (Wildman–Crippen MR) is 64.8 cm³/mol. The molecule has 0 bridgehead atoms. The highest BCUT2D eigenvalue weighted by Gasteiger charge is 2.33. The van der Waals surface area contributed by atoms with Crippen molar-refractivity contribution in [3.8, 4) is 0 Å². The molecule has 0 unspecified atom stereocenters. The Morgan fingerprint density at radius 3 is 2.44 bits per heavy atom. The van der Waals surface area contributed by atoms with Gasteiger partial charge in [-0.3, -0.25) is 9.59 Å². The molecule has 0 aromatic heterocycles. The van der Waals surface area contributed by atoms with E-state index in [9.17, 15) is 14.4 Å². The summed E-state index contributed by atoms with van der Waals surface area (Å²) in [7, 11) is 0. The summed E-state index contributed by atoms with van der Waals surface area (Å²) in [4.78, 5) is 35.6. The van der Waals surface area contributed by atoms with Crippen molar-refractivity contribution in [3.05, 3.63) is 0 Å². The minimum absolute atomic E-state index is 0.0483. The molecule has 1 aliphatic rings. The van der Waals surface area contributed by atoms with Gasteiger partial charge in [0.25, 0.3) is 0 Å². The molecule has 0 aromatic rings. The first-order chi connectivity index (χ1) is 8.21. The second-order valence-corrected chi connectivity index (χ2v) is 5.62. The molecule has 0 spiro atoms. The highest BCUT2D eigenvalue weighted by atomic mass is 16.4.